The zero-order valence-corrected chi connectivity index (χ0v) is 7.26. The van der Waals surface area contributed by atoms with Gasteiger partial charge in [0, 0.05) is 0 Å². The van der Waals surface area contributed by atoms with Crippen LogP contribution < -0.4 is 0 Å². The van der Waals surface area contributed by atoms with Gasteiger partial charge in [0.25, 0.3) is 10.2 Å². The van der Waals surface area contributed by atoms with Crippen LogP contribution >= 0.6 is 0 Å². The lowest BCUT2D eigenvalue weighted by atomic mass is 10.3. The molecule has 9 nitrogen and oxygen atoms in total. The van der Waals surface area contributed by atoms with E-state index in [-0.39, 0.29) is 0 Å². The Balaban J connectivity index is 0. The molecule has 15 heavy (non-hydrogen) atoms. The molecule has 0 aliphatic heterocycles. The molecule has 0 aliphatic rings. The molecule has 0 fully saturated rings. The van der Waals surface area contributed by atoms with Gasteiger partial charge in [0.2, 0.25) is 0 Å². The van der Waals surface area contributed by atoms with Crippen LogP contribution in [0.5, 0.6) is 5.75 Å². The maximum atomic E-state index is 8.63. The molecule has 84 valence electrons. The van der Waals surface area contributed by atoms with E-state index < -0.39 is 10.2 Å². The normalized spacial score (nSPS) is 7.20. The van der Waals surface area contributed by atoms with E-state index in [2.05, 4.69) is 0 Å². The van der Waals surface area contributed by atoms with E-state index in [1.54, 1.807) is 24.3 Å². The molecule has 0 unspecified atom stereocenters. The number of para-hydroxylation sites is 1. The van der Waals surface area contributed by atoms with E-state index in [0.29, 0.717) is 5.75 Å². The molecule has 0 saturated carbocycles. The smallest absolute Gasteiger partial charge is 0.291 e. The van der Waals surface area contributed by atoms with Gasteiger partial charge in [-0.1, -0.05) is 18.2 Å². The first-order chi connectivity index (χ1) is 6.86. The highest BCUT2D eigenvalue weighted by molar-refractivity contribution is 5.18. The van der Waals surface area contributed by atoms with Gasteiger partial charge in [-0.25, -0.2) is 0 Å². The summed E-state index contributed by atoms with van der Waals surface area (Å²) in [6.45, 7) is 0. The van der Waals surface area contributed by atoms with Crippen LogP contribution in [0.4, 0.5) is 0 Å². The van der Waals surface area contributed by atoms with Crippen LogP contribution in [0.15, 0.2) is 30.3 Å². The summed E-state index contributed by atoms with van der Waals surface area (Å²) in [4.78, 5) is 16.7. The molecule has 1 aromatic carbocycles. The van der Waals surface area contributed by atoms with Crippen LogP contribution in [-0.2, 0) is 0 Å². The van der Waals surface area contributed by atoms with Crippen molar-refractivity contribution in [1.29, 1.82) is 0 Å². The molecule has 0 atom stereocenters. The lowest BCUT2D eigenvalue weighted by molar-refractivity contribution is -0.742. The Bertz CT molecular complexity index is 269. The van der Waals surface area contributed by atoms with Crippen molar-refractivity contribution in [3.8, 4) is 5.75 Å². The van der Waals surface area contributed by atoms with E-state index in [0.717, 1.165) is 0 Å². The molecule has 0 aliphatic carbocycles. The molecular formula is C6H8N2O7. The zero-order valence-electron chi connectivity index (χ0n) is 7.26. The summed E-state index contributed by atoms with van der Waals surface area (Å²) < 4.78 is 0. The fraction of sp³-hybridized carbons (Fsp3) is 0. The number of phenolic OH excluding ortho intramolecular Hbond substituents is 1. The van der Waals surface area contributed by atoms with Crippen molar-refractivity contribution in [2.75, 3.05) is 0 Å². The third-order valence-corrected chi connectivity index (χ3v) is 0.756. The molecule has 0 spiro atoms. The van der Waals surface area contributed by atoms with Gasteiger partial charge in [0.1, 0.15) is 5.75 Å². The van der Waals surface area contributed by atoms with Crippen molar-refractivity contribution in [3.05, 3.63) is 50.6 Å². The predicted molar refractivity (Wildman–Crippen MR) is 45.7 cm³/mol. The summed E-state index contributed by atoms with van der Waals surface area (Å²) in [7, 11) is 0. The quantitative estimate of drug-likeness (QED) is 0.430. The maximum Gasteiger partial charge on any atom is 0.291 e. The summed E-state index contributed by atoms with van der Waals surface area (Å²) in [6, 6.07) is 8.71. The van der Waals surface area contributed by atoms with Crippen molar-refractivity contribution < 1.29 is 25.7 Å². The molecule has 3 N–H and O–H groups in total. The second-order valence-corrected chi connectivity index (χ2v) is 1.81. The van der Waals surface area contributed by atoms with Crippen LogP contribution in [0.2, 0.25) is 0 Å². The number of hydrogen-bond acceptors (Lipinski definition) is 5. The topological polar surface area (TPSA) is 147 Å². The van der Waals surface area contributed by atoms with Crippen LogP contribution in [0.3, 0.4) is 0 Å². The van der Waals surface area contributed by atoms with E-state index in [9.17, 15) is 0 Å². The van der Waals surface area contributed by atoms with Crippen LogP contribution in [0, 0.1) is 20.2 Å². The minimum absolute atomic E-state index is 0.322. The first-order valence-electron chi connectivity index (χ1n) is 3.26. The molecule has 0 radical (unpaired) electrons. The average molecular weight is 220 g/mol. The summed E-state index contributed by atoms with van der Waals surface area (Å²) in [5, 5.41) is 35.9. The molecule has 0 bridgehead atoms. The molecule has 0 amide bonds. The Labute approximate surface area is 83.0 Å². The standard InChI is InChI=1S/C6H6O.2HNO3/c7-6-4-2-1-3-5-6;2*2-1(3)4/h1-5,7H;2*(H,2,3,4). The van der Waals surface area contributed by atoms with Gasteiger partial charge in [-0.15, -0.1) is 20.2 Å². The molecule has 0 heterocycles. The van der Waals surface area contributed by atoms with E-state index in [1.807, 2.05) is 6.07 Å². The lowest BCUT2D eigenvalue weighted by Crippen LogP contribution is -1.81. The lowest BCUT2D eigenvalue weighted by Gasteiger charge is -1.82. The molecular weight excluding hydrogens is 212 g/mol. The number of nitrogens with zero attached hydrogens (tertiary/aromatic N) is 2. The molecule has 9 heteroatoms. The highest BCUT2D eigenvalue weighted by atomic mass is 16.9. The molecule has 0 aromatic heterocycles. The number of rotatable bonds is 0. The van der Waals surface area contributed by atoms with Gasteiger partial charge in [-0.05, 0) is 12.1 Å². The SMILES string of the molecule is O=[N+]([O-])O.O=[N+]([O-])O.Oc1ccccc1. The van der Waals surface area contributed by atoms with Gasteiger partial charge < -0.3 is 15.5 Å². The zero-order chi connectivity index (χ0) is 12.3. The number of hydrogen-bond donors (Lipinski definition) is 3. The van der Waals surface area contributed by atoms with Crippen LogP contribution in [0.1, 0.15) is 0 Å². The van der Waals surface area contributed by atoms with E-state index in [4.69, 9.17) is 35.7 Å². The third-order valence-electron chi connectivity index (χ3n) is 0.756. The minimum atomic E-state index is -1.50. The van der Waals surface area contributed by atoms with Crippen LogP contribution in [0.25, 0.3) is 0 Å². The second-order valence-electron chi connectivity index (χ2n) is 1.81. The minimum Gasteiger partial charge on any atom is -0.508 e. The summed E-state index contributed by atoms with van der Waals surface area (Å²) >= 11 is 0. The van der Waals surface area contributed by atoms with Gasteiger partial charge in [-0.2, -0.15) is 0 Å². The number of phenols is 1. The summed E-state index contributed by atoms with van der Waals surface area (Å²) in [6.07, 6.45) is 0. The Morgan fingerprint density at radius 1 is 0.933 bits per heavy atom. The highest BCUT2D eigenvalue weighted by Crippen LogP contribution is 2.02. The largest absolute Gasteiger partial charge is 0.508 e. The van der Waals surface area contributed by atoms with Crippen LogP contribution in [-0.4, -0.2) is 25.7 Å². The highest BCUT2D eigenvalue weighted by Gasteiger charge is 1.74. The summed E-state index contributed by atoms with van der Waals surface area (Å²) in [5.41, 5.74) is 0. The number of benzene rings is 1. The molecule has 0 saturated heterocycles. The first-order valence-corrected chi connectivity index (χ1v) is 3.26. The second kappa shape index (κ2) is 9.51. The van der Waals surface area contributed by atoms with Crippen molar-refractivity contribution in [2.45, 2.75) is 0 Å². The van der Waals surface area contributed by atoms with Gasteiger partial charge in [-0.3, -0.25) is 0 Å². The van der Waals surface area contributed by atoms with Gasteiger partial charge in [0.15, 0.2) is 0 Å². The van der Waals surface area contributed by atoms with Crippen molar-refractivity contribution in [2.24, 2.45) is 0 Å². The predicted octanol–water partition coefficient (Wildman–Crippen LogP) is 0.697. The Hall–Kier alpha value is -2.58. The monoisotopic (exact) mass is 220 g/mol. The Morgan fingerprint density at radius 2 is 1.20 bits per heavy atom. The molecule has 1 rings (SSSR count). The fourth-order valence-corrected chi connectivity index (χ4v) is 0.428. The Morgan fingerprint density at radius 3 is 1.33 bits per heavy atom. The van der Waals surface area contributed by atoms with Gasteiger partial charge >= 0.3 is 0 Å². The third kappa shape index (κ3) is 34.5. The van der Waals surface area contributed by atoms with E-state index in [1.165, 1.54) is 0 Å². The number of aromatic hydroxyl groups is 1. The van der Waals surface area contributed by atoms with Crippen molar-refractivity contribution >= 4 is 0 Å². The summed E-state index contributed by atoms with van der Waals surface area (Å²) in [5.74, 6) is 0.322. The average Bonchev–Trinajstić information content (AvgIpc) is 2.03. The first kappa shape index (κ1) is 14.9. The maximum absolute atomic E-state index is 8.63. The van der Waals surface area contributed by atoms with Gasteiger partial charge in [0.05, 0.1) is 0 Å². The Kier molecular flexibility index (Phi) is 9.46. The van der Waals surface area contributed by atoms with Crippen molar-refractivity contribution in [1.82, 2.24) is 0 Å². The van der Waals surface area contributed by atoms with Crippen molar-refractivity contribution in [3.63, 3.8) is 0 Å². The molecule has 1 aromatic rings. The van der Waals surface area contributed by atoms with E-state index >= 15 is 0 Å². The fourth-order valence-electron chi connectivity index (χ4n) is 0.428.